The highest BCUT2D eigenvalue weighted by molar-refractivity contribution is 6.07. The summed E-state index contributed by atoms with van der Waals surface area (Å²) in [6.45, 7) is -0.598. The van der Waals surface area contributed by atoms with E-state index in [0.717, 1.165) is 0 Å². The van der Waals surface area contributed by atoms with E-state index in [1.165, 1.54) is 0 Å². The lowest BCUT2D eigenvalue weighted by atomic mass is 10.3. The Morgan fingerprint density at radius 1 is 1.54 bits per heavy atom. The Bertz CT molecular complexity index is 249. The molecule has 0 saturated heterocycles. The van der Waals surface area contributed by atoms with Crippen molar-refractivity contribution in [2.24, 2.45) is 5.10 Å². The van der Waals surface area contributed by atoms with E-state index in [1.807, 2.05) is 0 Å². The van der Waals surface area contributed by atoms with E-state index in [9.17, 15) is 18.0 Å². The third kappa shape index (κ3) is 2.18. The van der Waals surface area contributed by atoms with Crippen molar-refractivity contribution in [3.63, 3.8) is 0 Å². The van der Waals surface area contributed by atoms with Crippen LogP contribution < -0.4 is 0 Å². The lowest BCUT2D eigenvalue weighted by Crippen LogP contribution is -2.24. The van der Waals surface area contributed by atoms with Gasteiger partial charge in [0, 0.05) is 0 Å². The maximum absolute atomic E-state index is 12.0. The molecule has 0 radical (unpaired) electrons. The van der Waals surface area contributed by atoms with Gasteiger partial charge in [-0.05, 0) is 0 Å². The number of carbonyl (C=O) groups is 1. The molecule has 1 rings (SSSR count). The number of aliphatic hydroxyl groups excluding tert-OH is 1. The summed E-state index contributed by atoms with van der Waals surface area (Å²) >= 11 is 0. The van der Waals surface area contributed by atoms with Crippen LogP contribution in [-0.2, 0) is 4.79 Å². The van der Waals surface area contributed by atoms with Crippen molar-refractivity contribution < 1.29 is 23.1 Å². The molecule has 0 bridgehead atoms. The van der Waals surface area contributed by atoms with Crippen LogP contribution in [0.25, 0.3) is 0 Å². The van der Waals surface area contributed by atoms with Crippen molar-refractivity contribution in [1.29, 1.82) is 0 Å². The topological polar surface area (TPSA) is 52.9 Å². The van der Waals surface area contributed by atoms with Gasteiger partial charge in [0.2, 0.25) is 5.91 Å². The quantitative estimate of drug-likeness (QED) is 0.682. The summed E-state index contributed by atoms with van der Waals surface area (Å²) in [5.74, 6) is -0.735. The fourth-order valence-corrected chi connectivity index (χ4v) is 0.898. The molecule has 1 heterocycles. The molecule has 13 heavy (non-hydrogen) atoms. The number of nitrogens with zero attached hydrogens (tertiary/aromatic N) is 2. The maximum Gasteiger partial charge on any atom is 0.431 e. The maximum atomic E-state index is 12.0. The number of halogens is 3. The zero-order valence-corrected chi connectivity index (χ0v) is 6.51. The molecule has 0 atom stereocenters. The van der Waals surface area contributed by atoms with Crippen LogP contribution in [0.1, 0.15) is 6.42 Å². The van der Waals surface area contributed by atoms with Gasteiger partial charge in [-0.1, -0.05) is 0 Å². The van der Waals surface area contributed by atoms with Gasteiger partial charge in [-0.15, -0.1) is 0 Å². The average molecular weight is 196 g/mol. The Kier molecular flexibility index (Phi) is 2.55. The van der Waals surface area contributed by atoms with Crippen LogP contribution in [0.2, 0.25) is 0 Å². The molecule has 1 amide bonds. The first-order valence-electron chi connectivity index (χ1n) is 3.51. The zero-order valence-electron chi connectivity index (χ0n) is 6.51. The summed E-state index contributed by atoms with van der Waals surface area (Å²) in [5.41, 5.74) is -1.11. The van der Waals surface area contributed by atoms with Gasteiger partial charge in [-0.3, -0.25) is 4.79 Å². The van der Waals surface area contributed by atoms with Crippen molar-refractivity contribution in [3.05, 3.63) is 0 Å². The van der Waals surface area contributed by atoms with Gasteiger partial charge in [0.1, 0.15) is 0 Å². The SMILES string of the molecule is O=C1CC(C(F)(F)F)=NN1CCO. The molecule has 0 unspecified atom stereocenters. The van der Waals surface area contributed by atoms with Crippen LogP contribution >= 0.6 is 0 Å². The van der Waals surface area contributed by atoms with Crippen molar-refractivity contribution in [2.75, 3.05) is 13.2 Å². The molecule has 1 aliphatic heterocycles. The molecule has 0 spiro atoms. The number of rotatable bonds is 2. The summed E-state index contributed by atoms with van der Waals surface area (Å²) in [7, 11) is 0. The largest absolute Gasteiger partial charge is 0.431 e. The Labute approximate surface area is 71.6 Å². The van der Waals surface area contributed by atoms with Crippen LogP contribution in [0, 0.1) is 0 Å². The Balaban J connectivity index is 2.72. The number of amides is 1. The molecule has 0 saturated carbocycles. The summed E-state index contributed by atoms with van der Waals surface area (Å²) in [6.07, 6.45) is -5.29. The van der Waals surface area contributed by atoms with E-state index in [1.54, 1.807) is 0 Å². The van der Waals surface area contributed by atoms with Crippen LogP contribution in [0.4, 0.5) is 13.2 Å². The van der Waals surface area contributed by atoms with E-state index >= 15 is 0 Å². The Morgan fingerprint density at radius 3 is 2.54 bits per heavy atom. The first-order valence-corrected chi connectivity index (χ1v) is 3.51. The fraction of sp³-hybridized carbons (Fsp3) is 0.667. The highest BCUT2D eigenvalue weighted by Crippen LogP contribution is 2.24. The molecule has 1 aliphatic rings. The summed E-state index contributed by atoms with van der Waals surface area (Å²) in [4.78, 5) is 10.8. The van der Waals surface area contributed by atoms with E-state index in [4.69, 9.17) is 5.11 Å². The Morgan fingerprint density at radius 2 is 2.15 bits per heavy atom. The summed E-state index contributed by atoms with van der Waals surface area (Å²) < 4.78 is 35.9. The third-order valence-electron chi connectivity index (χ3n) is 1.49. The van der Waals surface area contributed by atoms with Crippen molar-refractivity contribution in [1.82, 2.24) is 5.01 Å². The van der Waals surface area contributed by atoms with E-state index < -0.39 is 30.8 Å². The first-order chi connectivity index (χ1) is 5.95. The predicted octanol–water partition coefficient (Wildman–Crippen LogP) is 0.129. The third-order valence-corrected chi connectivity index (χ3v) is 1.49. The Hall–Kier alpha value is -1.11. The second kappa shape index (κ2) is 3.33. The normalized spacial score (nSPS) is 18.0. The van der Waals surface area contributed by atoms with Gasteiger partial charge in [-0.25, -0.2) is 5.01 Å². The van der Waals surface area contributed by atoms with E-state index in [0.29, 0.717) is 5.01 Å². The number of hydrogen-bond donors (Lipinski definition) is 1. The number of hydrogen-bond acceptors (Lipinski definition) is 3. The van der Waals surface area contributed by atoms with Gasteiger partial charge in [0.05, 0.1) is 19.6 Å². The number of carbonyl (C=O) groups excluding carboxylic acids is 1. The van der Waals surface area contributed by atoms with Gasteiger partial charge in [0.15, 0.2) is 5.71 Å². The number of β-amino-alcohol motifs (C(OH)–C–C–N with tert-alkyl or cyclic N) is 1. The molecule has 74 valence electrons. The predicted molar refractivity (Wildman–Crippen MR) is 36.9 cm³/mol. The summed E-state index contributed by atoms with van der Waals surface area (Å²) in [6, 6.07) is 0. The van der Waals surface area contributed by atoms with Gasteiger partial charge >= 0.3 is 6.18 Å². The molecule has 0 aromatic rings. The van der Waals surface area contributed by atoms with Crippen LogP contribution in [0.15, 0.2) is 5.10 Å². The first kappa shape index (κ1) is 9.97. The van der Waals surface area contributed by atoms with Gasteiger partial charge in [0.25, 0.3) is 0 Å². The van der Waals surface area contributed by atoms with Crippen LogP contribution in [-0.4, -0.2) is 41.1 Å². The van der Waals surface area contributed by atoms with Crippen molar-refractivity contribution in [3.8, 4) is 0 Å². The lowest BCUT2D eigenvalue weighted by Gasteiger charge is -2.07. The zero-order chi connectivity index (χ0) is 10.1. The number of hydrazone groups is 1. The molecule has 0 aromatic carbocycles. The molecule has 0 aromatic heterocycles. The standard InChI is InChI=1S/C6H7F3N2O2/c7-6(8,9)4-3-5(13)11(10-4)1-2-12/h12H,1-3H2. The van der Waals surface area contributed by atoms with E-state index in [2.05, 4.69) is 5.10 Å². The molecule has 4 nitrogen and oxygen atoms in total. The fourth-order valence-electron chi connectivity index (χ4n) is 0.898. The van der Waals surface area contributed by atoms with Gasteiger partial charge < -0.3 is 5.11 Å². The second-order valence-corrected chi connectivity index (χ2v) is 2.46. The minimum absolute atomic E-state index is 0.196. The van der Waals surface area contributed by atoms with Crippen LogP contribution in [0.5, 0.6) is 0 Å². The number of alkyl halides is 3. The molecule has 1 N–H and O–H groups in total. The molecule has 0 aliphatic carbocycles. The molecule has 7 heteroatoms. The lowest BCUT2D eigenvalue weighted by molar-refractivity contribution is -0.129. The number of aliphatic hydroxyl groups is 1. The molecular weight excluding hydrogens is 189 g/mol. The van der Waals surface area contributed by atoms with E-state index in [-0.39, 0.29) is 6.54 Å². The monoisotopic (exact) mass is 196 g/mol. The van der Waals surface area contributed by atoms with Crippen molar-refractivity contribution in [2.45, 2.75) is 12.6 Å². The highest BCUT2D eigenvalue weighted by Gasteiger charge is 2.42. The minimum atomic E-state index is -4.56. The molecular formula is C6H7F3N2O2. The minimum Gasteiger partial charge on any atom is -0.394 e. The average Bonchev–Trinajstić information content (AvgIpc) is 2.32. The van der Waals surface area contributed by atoms with Gasteiger partial charge in [-0.2, -0.15) is 18.3 Å². The second-order valence-electron chi connectivity index (χ2n) is 2.46. The smallest absolute Gasteiger partial charge is 0.394 e. The van der Waals surface area contributed by atoms with Crippen LogP contribution in [0.3, 0.4) is 0 Å². The highest BCUT2D eigenvalue weighted by atomic mass is 19.4. The summed E-state index contributed by atoms with van der Waals surface area (Å²) in [5, 5.41) is 12.1. The van der Waals surface area contributed by atoms with Crippen molar-refractivity contribution >= 4 is 11.6 Å². The molecule has 0 fully saturated rings.